The Balaban J connectivity index is 1.84. The fourth-order valence-corrected chi connectivity index (χ4v) is 3.80. The number of alkyl halides is 5. The number of thiophene rings is 1. The van der Waals surface area contributed by atoms with Crippen molar-refractivity contribution in [3.63, 3.8) is 0 Å². The fourth-order valence-electron chi connectivity index (χ4n) is 2.87. The maximum absolute atomic E-state index is 13.0. The molecule has 2 aromatic heterocycles. The van der Waals surface area contributed by atoms with Gasteiger partial charge in [-0.2, -0.15) is 18.3 Å². The van der Waals surface area contributed by atoms with E-state index in [1.165, 1.54) is 6.07 Å². The van der Waals surface area contributed by atoms with E-state index >= 15 is 0 Å². The molecule has 26 heavy (non-hydrogen) atoms. The van der Waals surface area contributed by atoms with Crippen molar-refractivity contribution in [1.29, 1.82) is 0 Å². The number of halogens is 5. The van der Waals surface area contributed by atoms with Gasteiger partial charge in [-0.05, 0) is 37.5 Å². The van der Waals surface area contributed by atoms with Gasteiger partial charge in [0.25, 0.3) is 12.3 Å². The largest absolute Gasteiger partial charge is 0.408 e. The van der Waals surface area contributed by atoms with Gasteiger partial charge in [0, 0.05) is 13.1 Å². The van der Waals surface area contributed by atoms with Crippen molar-refractivity contribution < 1.29 is 26.7 Å². The molecule has 0 aliphatic carbocycles. The van der Waals surface area contributed by atoms with Crippen LogP contribution in [0.4, 0.5) is 22.0 Å². The summed E-state index contributed by atoms with van der Waals surface area (Å²) in [6.45, 7) is -0.249. The van der Waals surface area contributed by atoms with Crippen molar-refractivity contribution in [3.8, 4) is 10.6 Å². The first-order valence-corrected chi connectivity index (χ1v) is 8.88. The zero-order chi connectivity index (χ0) is 18.9. The molecule has 142 valence electrons. The molecule has 0 saturated carbocycles. The topological polar surface area (TPSA) is 38.1 Å². The second-order valence-electron chi connectivity index (χ2n) is 6.04. The molecule has 0 unspecified atom stereocenters. The van der Waals surface area contributed by atoms with Crippen LogP contribution in [0, 0.1) is 0 Å². The van der Waals surface area contributed by atoms with Crippen LogP contribution in [0.1, 0.15) is 41.1 Å². The molecule has 1 saturated heterocycles. The van der Waals surface area contributed by atoms with Crippen LogP contribution >= 0.6 is 11.3 Å². The Bertz CT molecular complexity index is 777. The van der Waals surface area contributed by atoms with E-state index in [1.807, 2.05) is 0 Å². The monoisotopic (exact) mass is 393 g/mol. The fraction of sp³-hybridized carbons (Fsp3) is 0.500. The van der Waals surface area contributed by atoms with E-state index in [9.17, 15) is 26.7 Å². The number of hydrogen-bond acceptors (Lipinski definition) is 3. The molecule has 0 spiro atoms. The van der Waals surface area contributed by atoms with Gasteiger partial charge in [-0.3, -0.25) is 9.48 Å². The molecule has 10 heteroatoms. The predicted octanol–water partition coefficient (Wildman–Crippen LogP) is 4.74. The third kappa shape index (κ3) is 4.22. The lowest BCUT2D eigenvalue weighted by Gasteiger charge is -2.26. The molecule has 0 radical (unpaired) electrons. The van der Waals surface area contributed by atoms with E-state index < -0.39 is 24.8 Å². The highest BCUT2D eigenvalue weighted by atomic mass is 32.1. The SMILES string of the molecule is O=C(c1ccc(-c2cc(C(F)F)n(CC(F)(F)F)n2)s1)N1CCCCC1. The minimum Gasteiger partial charge on any atom is -0.338 e. The number of hydrogen-bond donors (Lipinski definition) is 0. The van der Waals surface area contributed by atoms with Crippen molar-refractivity contribution in [1.82, 2.24) is 14.7 Å². The molecule has 0 aromatic carbocycles. The zero-order valence-electron chi connectivity index (χ0n) is 13.6. The maximum atomic E-state index is 13.0. The summed E-state index contributed by atoms with van der Waals surface area (Å²) >= 11 is 1.05. The molecule has 3 heterocycles. The van der Waals surface area contributed by atoms with E-state index in [0.29, 0.717) is 22.8 Å². The molecule has 1 aliphatic heterocycles. The number of likely N-dealkylation sites (tertiary alicyclic amines) is 1. The van der Waals surface area contributed by atoms with E-state index in [1.54, 1.807) is 11.0 Å². The summed E-state index contributed by atoms with van der Waals surface area (Å²) in [5.41, 5.74) is -0.790. The number of piperidine rings is 1. The number of aromatic nitrogens is 2. The van der Waals surface area contributed by atoms with Gasteiger partial charge in [0.1, 0.15) is 17.9 Å². The molecule has 3 rings (SSSR count). The van der Waals surface area contributed by atoms with Crippen molar-refractivity contribution in [2.45, 2.75) is 38.4 Å². The predicted molar refractivity (Wildman–Crippen MR) is 86.3 cm³/mol. The molecule has 1 aliphatic rings. The Morgan fingerprint density at radius 3 is 2.50 bits per heavy atom. The third-order valence-electron chi connectivity index (χ3n) is 4.08. The lowest BCUT2D eigenvalue weighted by atomic mass is 10.1. The molecule has 0 bridgehead atoms. The Labute approximate surface area is 150 Å². The van der Waals surface area contributed by atoms with E-state index in [0.717, 1.165) is 36.7 Å². The van der Waals surface area contributed by atoms with Crippen LogP contribution in [0.25, 0.3) is 10.6 Å². The number of carbonyl (C=O) groups is 1. The molecule has 0 atom stereocenters. The number of rotatable bonds is 4. The first kappa shape index (κ1) is 18.8. The van der Waals surface area contributed by atoms with Gasteiger partial charge in [0.2, 0.25) is 0 Å². The van der Waals surface area contributed by atoms with Gasteiger partial charge < -0.3 is 4.90 Å². The van der Waals surface area contributed by atoms with Crippen molar-refractivity contribution in [2.75, 3.05) is 13.1 Å². The minimum atomic E-state index is -4.65. The minimum absolute atomic E-state index is 0.00671. The van der Waals surface area contributed by atoms with Gasteiger partial charge in [-0.25, -0.2) is 8.78 Å². The third-order valence-corrected chi connectivity index (χ3v) is 5.17. The lowest BCUT2D eigenvalue weighted by molar-refractivity contribution is -0.143. The zero-order valence-corrected chi connectivity index (χ0v) is 14.4. The van der Waals surface area contributed by atoms with E-state index in [2.05, 4.69) is 5.10 Å². The average molecular weight is 393 g/mol. The Morgan fingerprint density at radius 2 is 1.88 bits per heavy atom. The van der Waals surface area contributed by atoms with Crippen LogP contribution in [0.15, 0.2) is 18.2 Å². The Hall–Kier alpha value is -1.97. The van der Waals surface area contributed by atoms with Crippen LogP contribution in [0.2, 0.25) is 0 Å². The summed E-state index contributed by atoms with van der Waals surface area (Å²) in [5, 5.41) is 3.67. The smallest absolute Gasteiger partial charge is 0.338 e. The standard InChI is InChI=1S/C16H16F5N3OS/c17-14(18)11-8-10(22-24(11)9-16(19,20)21)12-4-5-13(26-12)15(25)23-6-2-1-3-7-23/h4-5,8,14H,1-3,6-7,9H2. The maximum Gasteiger partial charge on any atom is 0.408 e. The van der Waals surface area contributed by atoms with Gasteiger partial charge in [-0.15, -0.1) is 11.3 Å². The van der Waals surface area contributed by atoms with E-state index in [-0.39, 0.29) is 16.3 Å². The lowest BCUT2D eigenvalue weighted by Crippen LogP contribution is -2.35. The molecule has 2 aromatic rings. The first-order valence-electron chi connectivity index (χ1n) is 8.07. The quantitative estimate of drug-likeness (QED) is 0.704. The van der Waals surface area contributed by atoms with Crippen molar-refractivity contribution >= 4 is 17.2 Å². The highest BCUT2D eigenvalue weighted by molar-refractivity contribution is 7.17. The number of carbonyl (C=O) groups excluding carboxylic acids is 1. The second-order valence-corrected chi connectivity index (χ2v) is 7.13. The summed E-state index contributed by atoms with van der Waals surface area (Å²) in [5.74, 6) is -0.148. The second kappa shape index (κ2) is 7.34. The van der Waals surface area contributed by atoms with Crippen LogP contribution in [0.5, 0.6) is 0 Å². The molecule has 1 amide bonds. The van der Waals surface area contributed by atoms with Crippen LogP contribution < -0.4 is 0 Å². The highest BCUT2D eigenvalue weighted by Crippen LogP contribution is 2.32. The summed E-state index contributed by atoms with van der Waals surface area (Å²) in [4.78, 5) is 15.0. The molecule has 4 nitrogen and oxygen atoms in total. The first-order chi connectivity index (χ1) is 12.2. The molecule has 1 fully saturated rings. The van der Waals surface area contributed by atoms with Crippen molar-refractivity contribution in [3.05, 3.63) is 28.8 Å². The van der Waals surface area contributed by atoms with Gasteiger partial charge in [0.15, 0.2) is 0 Å². The van der Waals surface area contributed by atoms with Crippen LogP contribution in [0.3, 0.4) is 0 Å². The number of nitrogens with zero attached hydrogens (tertiary/aromatic N) is 3. The summed E-state index contributed by atoms with van der Waals surface area (Å²) in [6, 6.07) is 4.02. The van der Waals surface area contributed by atoms with Gasteiger partial charge in [-0.1, -0.05) is 0 Å². The van der Waals surface area contributed by atoms with Crippen LogP contribution in [-0.2, 0) is 6.54 Å². The van der Waals surface area contributed by atoms with Crippen molar-refractivity contribution in [2.24, 2.45) is 0 Å². The molecular formula is C16H16F5N3OS. The Morgan fingerprint density at radius 1 is 1.19 bits per heavy atom. The Kier molecular flexibility index (Phi) is 5.31. The summed E-state index contributed by atoms with van der Waals surface area (Å²) in [7, 11) is 0. The molecular weight excluding hydrogens is 377 g/mol. The average Bonchev–Trinajstić information content (AvgIpc) is 3.20. The van der Waals surface area contributed by atoms with Gasteiger partial charge in [0.05, 0.1) is 9.75 Å². The highest BCUT2D eigenvalue weighted by Gasteiger charge is 2.32. The van der Waals surface area contributed by atoms with Crippen LogP contribution in [-0.4, -0.2) is 39.9 Å². The van der Waals surface area contributed by atoms with Gasteiger partial charge >= 0.3 is 6.18 Å². The summed E-state index contributed by atoms with van der Waals surface area (Å²) in [6.07, 6.45) is -4.79. The van der Waals surface area contributed by atoms with E-state index in [4.69, 9.17) is 0 Å². The normalized spacial score (nSPS) is 15.7. The number of amides is 1. The molecule has 0 N–H and O–H groups in total. The summed E-state index contributed by atoms with van der Waals surface area (Å²) < 4.78 is 64.0.